The van der Waals surface area contributed by atoms with Gasteiger partial charge in [0.15, 0.2) is 0 Å². The number of benzene rings is 1. The monoisotopic (exact) mass is 277 g/mol. The Kier molecular flexibility index (Phi) is 5.15. The Hall–Kier alpha value is -1.39. The fourth-order valence-electron chi connectivity index (χ4n) is 2.87. The van der Waals surface area contributed by atoms with E-state index >= 15 is 0 Å². The largest absolute Gasteiger partial charge is 0.480 e. The summed E-state index contributed by atoms with van der Waals surface area (Å²) in [5.74, 6) is -0.888. The molecule has 4 heteroatoms. The van der Waals surface area contributed by atoms with Gasteiger partial charge in [-0.15, -0.1) is 0 Å². The van der Waals surface area contributed by atoms with Gasteiger partial charge >= 0.3 is 5.97 Å². The second kappa shape index (κ2) is 6.86. The number of ether oxygens (including phenoxy) is 1. The summed E-state index contributed by atoms with van der Waals surface area (Å²) in [4.78, 5) is 12.9. The van der Waals surface area contributed by atoms with Crippen LogP contribution in [0, 0.1) is 6.92 Å². The first kappa shape index (κ1) is 15.0. The minimum Gasteiger partial charge on any atom is -0.480 e. The van der Waals surface area contributed by atoms with Crippen molar-refractivity contribution in [2.75, 3.05) is 19.7 Å². The van der Waals surface area contributed by atoms with Gasteiger partial charge in [-0.3, -0.25) is 4.90 Å². The second-order valence-corrected chi connectivity index (χ2v) is 5.47. The number of aryl methyl sites for hydroxylation is 1. The molecule has 110 valence electrons. The Morgan fingerprint density at radius 3 is 2.65 bits per heavy atom. The quantitative estimate of drug-likeness (QED) is 0.899. The van der Waals surface area contributed by atoms with Crippen LogP contribution in [-0.4, -0.2) is 41.8 Å². The number of likely N-dealkylation sites (tertiary alicyclic amines) is 1. The van der Waals surface area contributed by atoms with E-state index in [2.05, 4.69) is 43.0 Å². The molecule has 1 fully saturated rings. The summed E-state index contributed by atoms with van der Waals surface area (Å²) in [6.45, 7) is 6.12. The van der Waals surface area contributed by atoms with Crippen LogP contribution < -0.4 is 0 Å². The Labute approximate surface area is 120 Å². The van der Waals surface area contributed by atoms with Gasteiger partial charge in [0.1, 0.15) is 6.61 Å². The summed E-state index contributed by atoms with van der Waals surface area (Å²) >= 11 is 0. The number of nitrogens with zero attached hydrogens (tertiary/aromatic N) is 1. The molecule has 1 saturated heterocycles. The highest BCUT2D eigenvalue weighted by Gasteiger charge is 2.24. The van der Waals surface area contributed by atoms with Gasteiger partial charge in [0.05, 0.1) is 6.10 Å². The van der Waals surface area contributed by atoms with E-state index in [1.165, 1.54) is 11.1 Å². The minimum atomic E-state index is -0.888. The van der Waals surface area contributed by atoms with Crippen molar-refractivity contribution >= 4 is 5.97 Å². The van der Waals surface area contributed by atoms with E-state index in [9.17, 15) is 4.79 Å². The van der Waals surface area contributed by atoms with E-state index in [0.29, 0.717) is 6.04 Å². The minimum absolute atomic E-state index is 0.0893. The zero-order valence-corrected chi connectivity index (χ0v) is 12.2. The van der Waals surface area contributed by atoms with Crippen LogP contribution in [-0.2, 0) is 9.53 Å². The van der Waals surface area contributed by atoms with Gasteiger partial charge in [-0.25, -0.2) is 4.79 Å². The van der Waals surface area contributed by atoms with Crippen LogP contribution in [0.15, 0.2) is 24.3 Å². The molecule has 0 aromatic heterocycles. The number of rotatable bonds is 5. The molecule has 0 saturated carbocycles. The molecule has 1 aromatic rings. The summed E-state index contributed by atoms with van der Waals surface area (Å²) in [7, 11) is 0. The van der Waals surface area contributed by atoms with Crippen LogP contribution in [0.1, 0.15) is 36.9 Å². The lowest BCUT2D eigenvalue weighted by molar-refractivity contribution is -0.145. The lowest BCUT2D eigenvalue weighted by Crippen LogP contribution is -2.39. The molecule has 0 radical (unpaired) electrons. The highest BCUT2D eigenvalue weighted by molar-refractivity contribution is 5.68. The van der Waals surface area contributed by atoms with Crippen LogP contribution in [0.25, 0.3) is 0 Å². The van der Waals surface area contributed by atoms with Crippen LogP contribution >= 0.6 is 0 Å². The standard InChI is InChI=1S/C16H23NO3/c1-12-5-3-4-6-15(12)13(2)17-9-7-14(8-10-17)20-11-16(18)19/h3-6,13-14H,7-11H2,1-2H3,(H,18,19). The van der Waals surface area contributed by atoms with Gasteiger partial charge in [-0.1, -0.05) is 24.3 Å². The first-order valence-corrected chi connectivity index (χ1v) is 7.21. The van der Waals surface area contributed by atoms with Crippen LogP contribution in [0.4, 0.5) is 0 Å². The highest BCUT2D eigenvalue weighted by Crippen LogP contribution is 2.27. The van der Waals surface area contributed by atoms with Crippen molar-refractivity contribution in [2.45, 2.75) is 38.8 Å². The number of carboxylic acid groups (broad SMARTS) is 1. The molecule has 1 aromatic carbocycles. The van der Waals surface area contributed by atoms with E-state index < -0.39 is 5.97 Å². The normalized spacial score (nSPS) is 18.9. The average Bonchev–Trinajstić information content (AvgIpc) is 2.45. The molecular weight excluding hydrogens is 254 g/mol. The van der Waals surface area contributed by atoms with Gasteiger partial charge < -0.3 is 9.84 Å². The molecule has 0 bridgehead atoms. The zero-order chi connectivity index (χ0) is 14.5. The molecular formula is C16H23NO3. The van der Waals surface area contributed by atoms with Crippen molar-refractivity contribution in [3.8, 4) is 0 Å². The van der Waals surface area contributed by atoms with Gasteiger partial charge in [0.25, 0.3) is 0 Å². The van der Waals surface area contributed by atoms with E-state index in [0.717, 1.165) is 25.9 Å². The maximum Gasteiger partial charge on any atom is 0.329 e. The van der Waals surface area contributed by atoms with Crippen molar-refractivity contribution in [3.63, 3.8) is 0 Å². The summed E-state index contributed by atoms with van der Waals surface area (Å²) < 4.78 is 5.38. The third kappa shape index (κ3) is 3.81. The fourth-order valence-corrected chi connectivity index (χ4v) is 2.87. The van der Waals surface area contributed by atoms with Crippen LogP contribution in [0.2, 0.25) is 0 Å². The van der Waals surface area contributed by atoms with E-state index in [1.54, 1.807) is 0 Å². The van der Waals surface area contributed by atoms with Crippen molar-refractivity contribution in [3.05, 3.63) is 35.4 Å². The first-order valence-electron chi connectivity index (χ1n) is 7.21. The summed E-state index contributed by atoms with van der Waals surface area (Å²) in [5, 5.41) is 8.63. The Balaban J connectivity index is 1.87. The number of carbonyl (C=O) groups is 1. The number of aliphatic carboxylic acids is 1. The maximum absolute atomic E-state index is 10.5. The molecule has 0 amide bonds. The SMILES string of the molecule is Cc1ccccc1C(C)N1CCC(OCC(=O)O)CC1. The van der Waals surface area contributed by atoms with Gasteiger partial charge in [0.2, 0.25) is 0 Å². The number of piperidine rings is 1. The number of carboxylic acids is 1. The van der Waals surface area contributed by atoms with Crippen molar-refractivity contribution in [1.29, 1.82) is 0 Å². The second-order valence-electron chi connectivity index (χ2n) is 5.47. The summed E-state index contributed by atoms with van der Waals surface area (Å²) in [6.07, 6.45) is 1.90. The van der Waals surface area contributed by atoms with Crippen LogP contribution in [0.3, 0.4) is 0 Å². The molecule has 1 aliphatic heterocycles. The number of hydrogen-bond acceptors (Lipinski definition) is 3. The molecule has 2 rings (SSSR count). The maximum atomic E-state index is 10.5. The molecule has 1 unspecified atom stereocenters. The molecule has 4 nitrogen and oxygen atoms in total. The van der Waals surface area contributed by atoms with Gasteiger partial charge in [-0.2, -0.15) is 0 Å². The van der Waals surface area contributed by atoms with E-state index in [4.69, 9.17) is 9.84 Å². The average molecular weight is 277 g/mol. The zero-order valence-electron chi connectivity index (χ0n) is 12.2. The Morgan fingerprint density at radius 2 is 2.05 bits per heavy atom. The lowest BCUT2D eigenvalue weighted by atomic mass is 9.98. The third-order valence-electron chi connectivity index (χ3n) is 4.11. The predicted molar refractivity (Wildman–Crippen MR) is 77.8 cm³/mol. The van der Waals surface area contributed by atoms with Gasteiger partial charge in [0, 0.05) is 19.1 Å². The van der Waals surface area contributed by atoms with Gasteiger partial charge in [-0.05, 0) is 37.8 Å². The summed E-state index contributed by atoms with van der Waals surface area (Å²) in [6, 6.07) is 8.89. The fraction of sp³-hybridized carbons (Fsp3) is 0.562. The van der Waals surface area contributed by atoms with Crippen molar-refractivity contribution in [2.24, 2.45) is 0 Å². The molecule has 1 N–H and O–H groups in total. The van der Waals surface area contributed by atoms with E-state index in [-0.39, 0.29) is 12.7 Å². The molecule has 0 aliphatic carbocycles. The van der Waals surface area contributed by atoms with Crippen LogP contribution in [0.5, 0.6) is 0 Å². The molecule has 20 heavy (non-hydrogen) atoms. The Morgan fingerprint density at radius 1 is 1.40 bits per heavy atom. The molecule has 1 heterocycles. The summed E-state index contributed by atoms with van der Waals surface area (Å²) in [5.41, 5.74) is 2.70. The topological polar surface area (TPSA) is 49.8 Å². The van der Waals surface area contributed by atoms with Crippen molar-refractivity contribution < 1.29 is 14.6 Å². The Bertz CT molecular complexity index is 453. The lowest BCUT2D eigenvalue weighted by Gasteiger charge is -2.36. The third-order valence-corrected chi connectivity index (χ3v) is 4.11. The first-order chi connectivity index (χ1) is 9.58. The predicted octanol–water partition coefficient (Wildman–Crippen LogP) is 2.62. The smallest absolute Gasteiger partial charge is 0.329 e. The molecule has 1 aliphatic rings. The number of hydrogen-bond donors (Lipinski definition) is 1. The highest BCUT2D eigenvalue weighted by atomic mass is 16.5. The molecule has 1 atom stereocenters. The van der Waals surface area contributed by atoms with E-state index in [1.807, 2.05) is 0 Å². The van der Waals surface area contributed by atoms with Crippen molar-refractivity contribution in [1.82, 2.24) is 4.90 Å². The molecule has 0 spiro atoms.